The van der Waals surface area contributed by atoms with E-state index in [9.17, 15) is 9.59 Å². The number of hydrogen-bond donors (Lipinski definition) is 2. The molecule has 1 heterocycles. The molecule has 0 bridgehead atoms. The minimum atomic E-state index is -0.866. The van der Waals surface area contributed by atoms with Gasteiger partial charge >= 0.3 is 11.9 Å². The Hall–Kier alpha value is -1.63. The standard InChI is InChI=1S/C11H16N2O4S/c1-8(10(16)17)7-13(5-2-3-9(14)15)11-12-4-6-18-11/h4,6,8H,2-3,5,7H2,1H3,(H,14,15)(H,16,17). The first-order valence-corrected chi connectivity index (χ1v) is 6.47. The van der Waals surface area contributed by atoms with E-state index in [4.69, 9.17) is 10.2 Å². The Bertz CT molecular complexity index is 394. The van der Waals surface area contributed by atoms with E-state index in [-0.39, 0.29) is 6.42 Å². The van der Waals surface area contributed by atoms with Crippen LogP contribution in [0.25, 0.3) is 0 Å². The van der Waals surface area contributed by atoms with E-state index >= 15 is 0 Å². The Morgan fingerprint density at radius 3 is 2.72 bits per heavy atom. The summed E-state index contributed by atoms with van der Waals surface area (Å²) < 4.78 is 0. The lowest BCUT2D eigenvalue weighted by molar-refractivity contribution is -0.141. The van der Waals surface area contributed by atoms with Gasteiger partial charge in [-0.1, -0.05) is 6.92 Å². The third-order valence-electron chi connectivity index (χ3n) is 2.42. The van der Waals surface area contributed by atoms with Gasteiger partial charge in [-0.2, -0.15) is 0 Å². The number of nitrogens with zero attached hydrogens (tertiary/aromatic N) is 2. The van der Waals surface area contributed by atoms with Gasteiger partial charge in [0.05, 0.1) is 5.92 Å². The van der Waals surface area contributed by atoms with Gasteiger partial charge in [0.25, 0.3) is 0 Å². The average Bonchev–Trinajstić information content (AvgIpc) is 2.80. The van der Waals surface area contributed by atoms with E-state index < -0.39 is 17.9 Å². The Balaban J connectivity index is 2.58. The summed E-state index contributed by atoms with van der Waals surface area (Å²) in [6.07, 6.45) is 2.19. The number of aliphatic carboxylic acids is 2. The molecule has 0 radical (unpaired) electrons. The second-order valence-electron chi connectivity index (χ2n) is 4.00. The Labute approximate surface area is 109 Å². The van der Waals surface area contributed by atoms with Crippen LogP contribution in [0, 0.1) is 5.92 Å². The van der Waals surface area contributed by atoms with Crippen LogP contribution in [0.15, 0.2) is 11.6 Å². The molecule has 0 amide bonds. The van der Waals surface area contributed by atoms with Crippen LogP contribution in [0.5, 0.6) is 0 Å². The van der Waals surface area contributed by atoms with Crippen LogP contribution in [0.1, 0.15) is 19.8 Å². The molecular weight excluding hydrogens is 256 g/mol. The van der Waals surface area contributed by atoms with Crippen molar-refractivity contribution in [1.29, 1.82) is 0 Å². The highest BCUT2D eigenvalue weighted by molar-refractivity contribution is 7.13. The maximum atomic E-state index is 10.8. The second-order valence-corrected chi connectivity index (χ2v) is 4.87. The normalized spacial score (nSPS) is 12.1. The molecule has 0 aliphatic rings. The summed E-state index contributed by atoms with van der Waals surface area (Å²) in [5, 5.41) is 20.0. The smallest absolute Gasteiger partial charge is 0.308 e. The van der Waals surface area contributed by atoms with Crippen LogP contribution in [0.2, 0.25) is 0 Å². The van der Waals surface area contributed by atoms with Gasteiger partial charge in [0.15, 0.2) is 5.13 Å². The highest BCUT2D eigenvalue weighted by Gasteiger charge is 2.18. The fourth-order valence-electron chi connectivity index (χ4n) is 1.47. The van der Waals surface area contributed by atoms with Crippen molar-refractivity contribution in [2.24, 2.45) is 5.92 Å². The van der Waals surface area contributed by atoms with Gasteiger partial charge in [-0.25, -0.2) is 4.98 Å². The highest BCUT2D eigenvalue weighted by Crippen LogP contribution is 2.19. The zero-order valence-corrected chi connectivity index (χ0v) is 10.9. The van der Waals surface area contributed by atoms with Crippen LogP contribution in [0.3, 0.4) is 0 Å². The molecular formula is C11H16N2O4S. The first-order valence-electron chi connectivity index (χ1n) is 5.59. The molecule has 1 rings (SSSR count). The fraction of sp³-hybridized carbons (Fsp3) is 0.545. The van der Waals surface area contributed by atoms with Crippen molar-refractivity contribution in [3.63, 3.8) is 0 Å². The van der Waals surface area contributed by atoms with Crippen molar-refractivity contribution in [1.82, 2.24) is 4.98 Å². The molecule has 1 aromatic heterocycles. The number of hydrogen-bond acceptors (Lipinski definition) is 5. The molecule has 1 atom stereocenters. The molecule has 6 nitrogen and oxygen atoms in total. The molecule has 0 fully saturated rings. The van der Waals surface area contributed by atoms with Crippen LogP contribution < -0.4 is 4.90 Å². The number of carboxylic acid groups (broad SMARTS) is 2. The third-order valence-corrected chi connectivity index (χ3v) is 3.26. The van der Waals surface area contributed by atoms with Crippen molar-refractivity contribution in [3.8, 4) is 0 Å². The molecule has 0 saturated carbocycles. The maximum Gasteiger partial charge on any atom is 0.308 e. The van der Waals surface area contributed by atoms with Gasteiger partial charge < -0.3 is 15.1 Å². The van der Waals surface area contributed by atoms with Crippen molar-refractivity contribution in [2.45, 2.75) is 19.8 Å². The Morgan fingerprint density at radius 2 is 2.22 bits per heavy atom. The van der Waals surface area contributed by atoms with E-state index in [1.165, 1.54) is 11.3 Å². The summed E-state index contributed by atoms with van der Waals surface area (Å²) in [5.41, 5.74) is 0. The summed E-state index contributed by atoms with van der Waals surface area (Å²) in [6, 6.07) is 0. The topological polar surface area (TPSA) is 90.7 Å². The van der Waals surface area contributed by atoms with E-state index in [0.717, 1.165) is 5.13 Å². The predicted molar refractivity (Wildman–Crippen MR) is 68.0 cm³/mol. The lowest BCUT2D eigenvalue weighted by atomic mass is 10.1. The van der Waals surface area contributed by atoms with Gasteiger partial charge in [0.1, 0.15) is 0 Å². The molecule has 18 heavy (non-hydrogen) atoms. The average molecular weight is 272 g/mol. The molecule has 0 aliphatic heterocycles. The highest BCUT2D eigenvalue weighted by atomic mass is 32.1. The zero-order chi connectivity index (χ0) is 13.5. The molecule has 100 valence electrons. The minimum Gasteiger partial charge on any atom is -0.481 e. The zero-order valence-electron chi connectivity index (χ0n) is 10.1. The van der Waals surface area contributed by atoms with Crippen molar-refractivity contribution >= 4 is 28.4 Å². The fourth-order valence-corrected chi connectivity index (χ4v) is 2.15. The lowest BCUT2D eigenvalue weighted by Crippen LogP contribution is -2.32. The molecule has 2 N–H and O–H groups in total. The molecule has 1 aromatic rings. The number of anilines is 1. The van der Waals surface area contributed by atoms with Gasteiger partial charge in [0, 0.05) is 31.1 Å². The van der Waals surface area contributed by atoms with Crippen LogP contribution in [-0.4, -0.2) is 40.2 Å². The van der Waals surface area contributed by atoms with Crippen LogP contribution >= 0.6 is 11.3 Å². The first-order chi connectivity index (χ1) is 8.50. The molecule has 7 heteroatoms. The number of aromatic nitrogens is 1. The summed E-state index contributed by atoms with van der Waals surface area (Å²) >= 11 is 1.42. The largest absolute Gasteiger partial charge is 0.481 e. The van der Waals surface area contributed by atoms with E-state index in [1.54, 1.807) is 13.1 Å². The minimum absolute atomic E-state index is 0.0727. The summed E-state index contributed by atoms with van der Waals surface area (Å²) in [6.45, 7) is 2.46. The Kier molecular flexibility index (Phi) is 5.57. The van der Waals surface area contributed by atoms with Gasteiger partial charge in [-0.15, -0.1) is 11.3 Å². The summed E-state index contributed by atoms with van der Waals surface area (Å²) in [5.74, 6) is -2.23. The van der Waals surface area contributed by atoms with Crippen LogP contribution in [-0.2, 0) is 9.59 Å². The van der Waals surface area contributed by atoms with E-state index in [2.05, 4.69) is 4.98 Å². The molecule has 0 spiro atoms. The molecule has 1 unspecified atom stereocenters. The van der Waals surface area contributed by atoms with Crippen LogP contribution in [0.4, 0.5) is 5.13 Å². The van der Waals surface area contributed by atoms with E-state index in [1.807, 2.05) is 10.3 Å². The quantitative estimate of drug-likeness (QED) is 0.746. The Morgan fingerprint density at radius 1 is 1.50 bits per heavy atom. The van der Waals surface area contributed by atoms with Gasteiger partial charge in [-0.05, 0) is 6.42 Å². The number of carbonyl (C=O) groups is 2. The maximum absolute atomic E-state index is 10.8. The number of carboxylic acids is 2. The second kappa shape index (κ2) is 6.95. The van der Waals surface area contributed by atoms with Gasteiger partial charge in [-0.3, -0.25) is 9.59 Å². The molecule has 0 aromatic carbocycles. The third kappa shape index (κ3) is 4.70. The number of rotatable bonds is 8. The number of thiazole rings is 1. The van der Waals surface area contributed by atoms with Crippen molar-refractivity contribution in [2.75, 3.05) is 18.0 Å². The SMILES string of the molecule is CC(CN(CCCC(=O)O)c1nccs1)C(=O)O. The summed E-state index contributed by atoms with van der Waals surface area (Å²) in [4.78, 5) is 27.3. The first kappa shape index (κ1) is 14.4. The molecule has 0 aliphatic carbocycles. The lowest BCUT2D eigenvalue weighted by Gasteiger charge is -2.23. The van der Waals surface area contributed by atoms with Crippen molar-refractivity contribution in [3.05, 3.63) is 11.6 Å². The summed E-state index contributed by atoms with van der Waals surface area (Å²) in [7, 11) is 0. The monoisotopic (exact) mass is 272 g/mol. The van der Waals surface area contributed by atoms with Crippen molar-refractivity contribution < 1.29 is 19.8 Å². The van der Waals surface area contributed by atoms with Gasteiger partial charge in [0.2, 0.25) is 0 Å². The van der Waals surface area contributed by atoms with E-state index in [0.29, 0.717) is 19.5 Å². The molecule has 0 saturated heterocycles. The predicted octanol–water partition coefficient (Wildman–Crippen LogP) is 1.54.